The standard InChI is InChI=1S/C17H21NO4/c1-10-4-2-3-5-12(10)15(11-6-7-11)18-16(19)13-8-9-14(22-13)17(20)21/h2-5,11,13-15H,6-9H2,1H3,(H,18,19)(H,20,21)/t13-,14+,15?/m0/s1. The number of carboxylic acid groups (broad SMARTS) is 1. The Kier molecular flexibility index (Phi) is 4.16. The number of nitrogens with one attached hydrogen (secondary N) is 1. The van der Waals surface area contributed by atoms with Gasteiger partial charge in [0.25, 0.3) is 0 Å². The molecule has 0 aromatic heterocycles. The highest BCUT2D eigenvalue weighted by Gasteiger charge is 2.39. The number of ether oxygens (including phenoxy) is 1. The summed E-state index contributed by atoms with van der Waals surface area (Å²) in [6, 6.07) is 8.07. The third-order valence-electron chi connectivity index (χ3n) is 4.50. The molecule has 1 aromatic carbocycles. The minimum atomic E-state index is -0.993. The average molecular weight is 303 g/mol. The first-order valence-corrected chi connectivity index (χ1v) is 7.80. The lowest BCUT2D eigenvalue weighted by atomic mass is 9.97. The molecule has 5 nitrogen and oxygen atoms in total. The monoisotopic (exact) mass is 303 g/mol. The second-order valence-corrected chi connectivity index (χ2v) is 6.21. The molecule has 2 N–H and O–H groups in total. The zero-order valence-corrected chi connectivity index (χ0v) is 12.6. The smallest absolute Gasteiger partial charge is 0.332 e. The number of carboxylic acids is 1. The van der Waals surface area contributed by atoms with Crippen molar-refractivity contribution in [2.24, 2.45) is 5.92 Å². The van der Waals surface area contributed by atoms with Crippen molar-refractivity contribution in [3.05, 3.63) is 35.4 Å². The predicted molar refractivity (Wildman–Crippen MR) is 80.3 cm³/mol. The van der Waals surface area contributed by atoms with Gasteiger partial charge in [0, 0.05) is 0 Å². The summed E-state index contributed by atoms with van der Waals surface area (Å²) in [6.07, 6.45) is 1.59. The first-order chi connectivity index (χ1) is 10.6. The number of hydrogen-bond donors (Lipinski definition) is 2. The Morgan fingerprint density at radius 2 is 1.86 bits per heavy atom. The van der Waals surface area contributed by atoms with Gasteiger partial charge in [0.05, 0.1) is 6.04 Å². The summed E-state index contributed by atoms with van der Waals surface area (Å²) in [7, 11) is 0. The van der Waals surface area contributed by atoms with E-state index in [1.807, 2.05) is 31.2 Å². The molecule has 2 aliphatic rings. The maximum absolute atomic E-state index is 12.4. The molecular formula is C17H21NO4. The molecule has 22 heavy (non-hydrogen) atoms. The van der Waals surface area contributed by atoms with Gasteiger partial charge in [0.1, 0.15) is 6.10 Å². The molecule has 3 atom stereocenters. The molecule has 1 heterocycles. The number of carbonyl (C=O) groups is 2. The summed E-state index contributed by atoms with van der Waals surface area (Å²) in [4.78, 5) is 23.3. The lowest BCUT2D eigenvalue weighted by Gasteiger charge is -2.22. The van der Waals surface area contributed by atoms with Crippen molar-refractivity contribution in [3.8, 4) is 0 Å². The normalized spacial score (nSPS) is 25.7. The molecule has 0 spiro atoms. The maximum Gasteiger partial charge on any atom is 0.332 e. The van der Waals surface area contributed by atoms with E-state index in [1.165, 1.54) is 0 Å². The van der Waals surface area contributed by atoms with Crippen LogP contribution in [0.4, 0.5) is 0 Å². The quantitative estimate of drug-likeness (QED) is 0.874. The van der Waals surface area contributed by atoms with Crippen molar-refractivity contribution in [1.82, 2.24) is 5.32 Å². The largest absolute Gasteiger partial charge is 0.479 e. The Labute approximate surface area is 129 Å². The number of aliphatic carboxylic acids is 1. The van der Waals surface area contributed by atoms with Gasteiger partial charge in [-0.3, -0.25) is 4.79 Å². The number of benzene rings is 1. The van der Waals surface area contributed by atoms with Crippen LogP contribution in [0, 0.1) is 12.8 Å². The maximum atomic E-state index is 12.4. The van der Waals surface area contributed by atoms with E-state index in [2.05, 4.69) is 5.32 Å². The molecule has 0 radical (unpaired) electrons. The Hall–Kier alpha value is -1.88. The molecule has 1 amide bonds. The van der Waals surface area contributed by atoms with Crippen molar-refractivity contribution in [3.63, 3.8) is 0 Å². The molecular weight excluding hydrogens is 282 g/mol. The Bertz CT molecular complexity index is 582. The fourth-order valence-corrected chi connectivity index (χ4v) is 3.07. The highest BCUT2D eigenvalue weighted by Crippen LogP contribution is 2.42. The van der Waals surface area contributed by atoms with Crippen molar-refractivity contribution < 1.29 is 19.4 Å². The fraction of sp³-hybridized carbons (Fsp3) is 0.529. The average Bonchev–Trinajstić information content (AvgIpc) is 3.20. The molecule has 118 valence electrons. The summed E-state index contributed by atoms with van der Waals surface area (Å²) in [5.41, 5.74) is 2.31. The van der Waals surface area contributed by atoms with Crippen molar-refractivity contribution >= 4 is 11.9 Å². The van der Waals surface area contributed by atoms with Crippen LogP contribution in [-0.2, 0) is 14.3 Å². The van der Waals surface area contributed by atoms with Crippen LogP contribution >= 0.6 is 0 Å². The molecule has 3 rings (SSSR count). The third-order valence-corrected chi connectivity index (χ3v) is 4.50. The Morgan fingerprint density at radius 1 is 1.18 bits per heavy atom. The van der Waals surface area contributed by atoms with E-state index >= 15 is 0 Å². The minimum absolute atomic E-state index is 0.00109. The van der Waals surface area contributed by atoms with Crippen LogP contribution < -0.4 is 5.32 Å². The summed E-state index contributed by atoms with van der Waals surface area (Å²) >= 11 is 0. The summed E-state index contributed by atoms with van der Waals surface area (Å²) in [5, 5.41) is 12.0. The molecule has 2 fully saturated rings. The van der Waals surface area contributed by atoms with Crippen LogP contribution in [-0.4, -0.2) is 29.2 Å². The molecule has 1 saturated carbocycles. The summed E-state index contributed by atoms with van der Waals surface area (Å²) in [5.74, 6) is -0.710. The Morgan fingerprint density at radius 3 is 2.45 bits per heavy atom. The minimum Gasteiger partial charge on any atom is -0.479 e. The second-order valence-electron chi connectivity index (χ2n) is 6.21. The van der Waals surface area contributed by atoms with Gasteiger partial charge in [-0.15, -0.1) is 0 Å². The van der Waals surface area contributed by atoms with Crippen LogP contribution in [0.3, 0.4) is 0 Å². The summed E-state index contributed by atoms with van der Waals surface area (Å²) < 4.78 is 5.34. The van der Waals surface area contributed by atoms with Crippen molar-refractivity contribution in [2.75, 3.05) is 0 Å². The van der Waals surface area contributed by atoms with Gasteiger partial charge in [0.15, 0.2) is 6.10 Å². The van der Waals surface area contributed by atoms with Crippen molar-refractivity contribution in [1.29, 1.82) is 0 Å². The van der Waals surface area contributed by atoms with Crippen LogP contribution in [0.15, 0.2) is 24.3 Å². The molecule has 5 heteroatoms. The molecule has 1 saturated heterocycles. The van der Waals surface area contributed by atoms with Gasteiger partial charge >= 0.3 is 5.97 Å². The molecule has 1 aliphatic carbocycles. The van der Waals surface area contributed by atoms with Crippen LogP contribution in [0.1, 0.15) is 42.9 Å². The lowest BCUT2D eigenvalue weighted by Crippen LogP contribution is -2.38. The lowest BCUT2D eigenvalue weighted by molar-refractivity contribution is -0.152. The Balaban J connectivity index is 1.69. The fourth-order valence-electron chi connectivity index (χ4n) is 3.07. The number of rotatable bonds is 5. The number of aryl methyl sites for hydroxylation is 1. The SMILES string of the molecule is Cc1ccccc1C(NC(=O)[C@@H]1CC[C@H](C(=O)O)O1)C1CC1. The number of amides is 1. The molecule has 0 bridgehead atoms. The van der Waals surface area contributed by atoms with E-state index in [0.29, 0.717) is 18.8 Å². The summed E-state index contributed by atoms with van der Waals surface area (Å²) in [6.45, 7) is 2.05. The third kappa shape index (κ3) is 3.14. The molecule has 1 aliphatic heterocycles. The predicted octanol–water partition coefficient (Wildman–Crippen LogP) is 2.19. The van der Waals surface area contributed by atoms with Crippen molar-refractivity contribution in [2.45, 2.75) is 50.9 Å². The number of hydrogen-bond acceptors (Lipinski definition) is 3. The zero-order chi connectivity index (χ0) is 15.7. The van der Waals surface area contributed by atoms with E-state index in [-0.39, 0.29) is 11.9 Å². The highest BCUT2D eigenvalue weighted by molar-refractivity contribution is 5.83. The van der Waals surface area contributed by atoms with Gasteiger partial charge in [-0.2, -0.15) is 0 Å². The van der Waals surface area contributed by atoms with Gasteiger partial charge in [0.2, 0.25) is 5.91 Å². The highest BCUT2D eigenvalue weighted by atomic mass is 16.5. The van der Waals surface area contributed by atoms with Gasteiger partial charge in [-0.05, 0) is 49.7 Å². The topological polar surface area (TPSA) is 75.6 Å². The number of carbonyl (C=O) groups excluding carboxylic acids is 1. The van der Waals surface area contributed by atoms with E-state index in [9.17, 15) is 9.59 Å². The van der Waals surface area contributed by atoms with Crippen LogP contribution in [0.25, 0.3) is 0 Å². The second kappa shape index (κ2) is 6.08. The first kappa shape index (κ1) is 15.0. The molecule has 1 unspecified atom stereocenters. The van der Waals surface area contributed by atoms with E-state index in [1.54, 1.807) is 0 Å². The first-order valence-electron chi connectivity index (χ1n) is 7.80. The van der Waals surface area contributed by atoms with E-state index in [0.717, 1.165) is 24.0 Å². The zero-order valence-electron chi connectivity index (χ0n) is 12.6. The molecule has 1 aromatic rings. The van der Waals surface area contributed by atoms with E-state index in [4.69, 9.17) is 9.84 Å². The van der Waals surface area contributed by atoms with E-state index < -0.39 is 18.2 Å². The van der Waals surface area contributed by atoms with Gasteiger partial charge in [-0.25, -0.2) is 4.79 Å². The van der Waals surface area contributed by atoms with Gasteiger partial charge < -0.3 is 15.2 Å². The van der Waals surface area contributed by atoms with Crippen LogP contribution in [0.5, 0.6) is 0 Å². The van der Waals surface area contributed by atoms with Crippen LogP contribution in [0.2, 0.25) is 0 Å². The van der Waals surface area contributed by atoms with Gasteiger partial charge in [-0.1, -0.05) is 24.3 Å².